The van der Waals surface area contributed by atoms with Crippen LogP contribution >= 0.6 is 0 Å². The van der Waals surface area contributed by atoms with E-state index in [4.69, 9.17) is 0 Å². The van der Waals surface area contributed by atoms with Crippen LogP contribution in [0.3, 0.4) is 0 Å². The molecule has 1 aromatic carbocycles. The van der Waals surface area contributed by atoms with Gasteiger partial charge in [-0.25, -0.2) is 8.42 Å². The lowest BCUT2D eigenvalue weighted by atomic mass is 9.78. The van der Waals surface area contributed by atoms with Crippen molar-refractivity contribution in [3.8, 4) is 0 Å². The van der Waals surface area contributed by atoms with Crippen molar-refractivity contribution in [2.75, 3.05) is 6.54 Å². The molecular weight excluding hydrogens is 282 g/mol. The van der Waals surface area contributed by atoms with E-state index in [1.165, 1.54) is 4.31 Å². The SMILES string of the molecule is Cc1ccc(S(=O)(=O)N2C=CC(C(C)(C)C)CCC2)cc1. The Morgan fingerprint density at radius 1 is 1.14 bits per heavy atom. The highest BCUT2D eigenvalue weighted by Crippen LogP contribution is 2.33. The van der Waals surface area contributed by atoms with Gasteiger partial charge in [0.25, 0.3) is 10.0 Å². The van der Waals surface area contributed by atoms with Crippen LogP contribution < -0.4 is 0 Å². The number of rotatable bonds is 2. The van der Waals surface area contributed by atoms with Gasteiger partial charge in [0.1, 0.15) is 0 Å². The van der Waals surface area contributed by atoms with Crippen molar-refractivity contribution in [3.05, 3.63) is 42.1 Å². The van der Waals surface area contributed by atoms with E-state index in [-0.39, 0.29) is 5.41 Å². The van der Waals surface area contributed by atoms with Crippen LogP contribution in [0.5, 0.6) is 0 Å². The predicted molar refractivity (Wildman–Crippen MR) is 86.4 cm³/mol. The fourth-order valence-corrected chi connectivity index (χ4v) is 3.96. The Bertz CT molecular complexity index is 609. The molecule has 1 aliphatic heterocycles. The van der Waals surface area contributed by atoms with Gasteiger partial charge in [0, 0.05) is 12.7 Å². The molecule has 0 saturated heterocycles. The first-order valence-corrected chi connectivity index (χ1v) is 8.92. The maximum absolute atomic E-state index is 12.7. The number of benzene rings is 1. The first-order valence-electron chi connectivity index (χ1n) is 7.48. The molecule has 0 saturated carbocycles. The Balaban J connectivity index is 2.27. The highest BCUT2D eigenvalue weighted by molar-refractivity contribution is 7.89. The monoisotopic (exact) mass is 307 g/mol. The van der Waals surface area contributed by atoms with E-state index in [9.17, 15) is 8.42 Å². The van der Waals surface area contributed by atoms with E-state index in [1.807, 2.05) is 19.1 Å². The molecule has 0 spiro atoms. The van der Waals surface area contributed by atoms with Crippen LogP contribution in [0.25, 0.3) is 0 Å². The lowest BCUT2D eigenvalue weighted by molar-refractivity contribution is 0.276. The van der Waals surface area contributed by atoms with Gasteiger partial charge in [-0.1, -0.05) is 44.5 Å². The zero-order valence-electron chi connectivity index (χ0n) is 13.3. The van der Waals surface area contributed by atoms with E-state index < -0.39 is 10.0 Å². The van der Waals surface area contributed by atoms with Gasteiger partial charge in [-0.05, 0) is 43.2 Å². The second-order valence-electron chi connectivity index (χ2n) is 6.89. The van der Waals surface area contributed by atoms with Crippen molar-refractivity contribution in [2.24, 2.45) is 11.3 Å². The third-order valence-electron chi connectivity index (χ3n) is 4.12. The van der Waals surface area contributed by atoms with Gasteiger partial charge in [0.15, 0.2) is 0 Å². The van der Waals surface area contributed by atoms with Crippen LogP contribution in [0.1, 0.15) is 39.2 Å². The zero-order valence-corrected chi connectivity index (χ0v) is 14.2. The summed E-state index contributed by atoms with van der Waals surface area (Å²) < 4.78 is 26.9. The van der Waals surface area contributed by atoms with Crippen molar-refractivity contribution < 1.29 is 8.42 Å². The minimum absolute atomic E-state index is 0.167. The van der Waals surface area contributed by atoms with Gasteiger partial charge in [-0.3, -0.25) is 4.31 Å². The normalized spacial score (nSPS) is 20.4. The van der Waals surface area contributed by atoms with E-state index in [0.29, 0.717) is 17.4 Å². The smallest absolute Gasteiger partial charge is 0.263 e. The van der Waals surface area contributed by atoms with E-state index in [2.05, 4.69) is 26.8 Å². The molecule has 3 nitrogen and oxygen atoms in total. The van der Waals surface area contributed by atoms with Gasteiger partial charge < -0.3 is 0 Å². The van der Waals surface area contributed by atoms with Gasteiger partial charge in [0.2, 0.25) is 0 Å². The number of hydrogen-bond donors (Lipinski definition) is 0. The quantitative estimate of drug-likeness (QED) is 0.829. The fourth-order valence-electron chi connectivity index (χ4n) is 2.61. The third-order valence-corrected chi connectivity index (χ3v) is 5.91. The molecule has 116 valence electrons. The number of hydrogen-bond acceptors (Lipinski definition) is 2. The van der Waals surface area contributed by atoms with Gasteiger partial charge in [-0.2, -0.15) is 0 Å². The van der Waals surface area contributed by atoms with E-state index in [1.54, 1.807) is 18.3 Å². The minimum Gasteiger partial charge on any atom is -0.274 e. The summed E-state index contributed by atoms with van der Waals surface area (Å²) in [6.07, 6.45) is 5.73. The second kappa shape index (κ2) is 5.84. The Morgan fingerprint density at radius 3 is 2.33 bits per heavy atom. The van der Waals surface area contributed by atoms with Crippen molar-refractivity contribution in [2.45, 2.75) is 45.4 Å². The molecule has 1 unspecified atom stereocenters. The highest BCUT2D eigenvalue weighted by Gasteiger charge is 2.27. The molecule has 0 aliphatic carbocycles. The summed E-state index contributed by atoms with van der Waals surface area (Å²) in [7, 11) is -3.42. The number of aryl methyl sites for hydroxylation is 1. The molecule has 1 aromatic rings. The molecular formula is C17H25NO2S. The molecule has 1 aliphatic rings. The number of sulfonamides is 1. The number of allylic oxidation sites excluding steroid dienone is 1. The summed E-state index contributed by atoms with van der Waals surface area (Å²) in [5, 5.41) is 0. The molecule has 1 atom stereocenters. The Kier molecular flexibility index (Phi) is 4.47. The van der Waals surface area contributed by atoms with Crippen LogP contribution in [-0.2, 0) is 10.0 Å². The van der Waals surface area contributed by atoms with E-state index in [0.717, 1.165) is 18.4 Å². The van der Waals surface area contributed by atoms with Crippen LogP contribution in [0.2, 0.25) is 0 Å². The summed E-state index contributed by atoms with van der Waals surface area (Å²) in [5.41, 5.74) is 1.23. The average molecular weight is 307 g/mol. The lowest BCUT2D eigenvalue weighted by Gasteiger charge is -2.26. The van der Waals surface area contributed by atoms with Gasteiger partial charge in [-0.15, -0.1) is 0 Å². The van der Waals surface area contributed by atoms with Crippen LogP contribution in [-0.4, -0.2) is 19.3 Å². The molecule has 0 radical (unpaired) electrons. The highest BCUT2D eigenvalue weighted by atomic mass is 32.2. The predicted octanol–water partition coefficient (Wildman–Crippen LogP) is 3.96. The van der Waals surface area contributed by atoms with Crippen LogP contribution in [0.15, 0.2) is 41.4 Å². The summed E-state index contributed by atoms with van der Waals surface area (Å²) in [5.74, 6) is 0.413. The molecule has 21 heavy (non-hydrogen) atoms. The van der Waals surface area contributed by atoms with Crippen molar-refractivity contribution >= 4 is 10.0 Å². The molecule has 0 bridgehead atoms. The molecule has 2 rings (SSSR count). The summed E-state index contributed by atoms with van der Waals surface area (Å²) in [6, 6.07) is 7.05. The first kappa shape index (κ1) is 16.1. The fraction of sp³-hybridized carbons (Fsp3) is 0.529. The minimum atomic E-state index is -3.42. The zero-order chi connectivity index (χ0) is 15.7. The van der Waals surface area contributed by atoms with E-state index >= 15 is 0 Å². The molecule has 4 heteroatoms. The maximum Gasteiger partial charge on any atom is 0.263 e. The van der Waals surface area contributed by atoms with Crippen molar-refractivity contribution in [1.82, 2.24) is 4.31 Å². The lowest BCUT2D eigenvalue weighted by Crippen LogP contribution is -2.26. The topological polar surface area (TPSA) is 37.4 Å². The van der Waals surface area contributed by atoms with Crippen molar-refractivity contribution in [1.29, 1.82) is 0 Å². The standard InChI is InChI=1S/C17H25NO2S/c1-14-7-9-16(10-8-14)21(19,20)18-12-5-6-15(11-13-18)17(2,3)4/h7-11,13,15H,5-6,12H2,1-4H3. The largest absolute Gasteiger partial charge is 0.274 e. The molecule has 0 amide bonds. The molecule has 0 N–H and O–H groups in total. The maximum atomic E-state index is 12.7. The van der Waals surface area contributed by atoms with Gasteiger partial charge in [0.05, 0.1) is 4.90 Å². The first-order chi connectivity index (χ1) is 9.71. The molecule has 0 fully saturated rings. The summed E-state index contributed by atoms with van der Waals surface area (Å²) >= 11 is 0. The second-order valence-corrected chi connectivity index (χ2v) is 8.78. The molecule has 1 heterocycles. The Morgan fingerprint density at radius 2 is 1.76 bits per heavy atom. The van der Waals surface area contributed by atoms with Crippen LogP contribution in [0.4, 0.5) is 0 Å². The van der Waals surface area contributed by atoms with Gasteiger partial charge >= 0.3 is 0 Å². The number of nitrogens with zero attached hydrogens (tertiary/aromatic N) is 1. The average Bonchev–Trinajstić information content (AvgIpc) is 2.64. The third kappa shape index (κ3) is 3.67. The molecule has 0 aromatic heterocycles. The Hall–Kier alpha value is -1.29. The summed E-state index contributed by atoms with van der Waals surface area (Å²) in [4.78, 5) is 0.368. The van der Waals surface area contributed by atoms with Crippen LogP contribution in [0, 0.1) is 18.3 Å². The summed E-state index contributed by atoms with van der Waals surface area (Å²) in [6.45, 7) is 9.11. The van der Waals surface area contributed by atoms with Crippen molar-refractivity contribution in [3.63, 3.8) is 0 Å². The Labute approximate surface area is 128 Å².